The number of ether oxygens (including phenoxy) is 1. The molecule has 0 saturated heterocycles. The number of carbonyl (C=O) groups is 1. The fraction of sp³-hybridized carbons (Fsp3) is 0.750. The van der Waals surface area contributed by atoms with E-state index in [2.05, 4.69) is 8.92 Å². The van der Waals surface area contributed by atoms with E-state index in [9.17, 15) is 13.2 Å². The van der Waals surface area contributed by atoms with E-state index in [0.717, 1.165) is 13.2 Å². The van der Waals surface area contributed by atoms with Crippen LogP contribution in [0.5, 0.6) is 0 Å². The summed E-state index contributed by atoms with van der Waals surface area (Å²) in [6.45, 7) is 0.611. The molecule has 0 atom stereocenters. The lowest BCUT2D eigenvalue weighted by Gasteiger charge is -1.99. The zero-order valence-corrected chi connectivity index (χ0v) is 6.47. The van der Waals surface area contributed by atoms with Crippen LogP contribution in [0.15, 0.2) is 0 Å². The monoisotopic (exact) mass is 168 g/mol. The first kappa shape index (κ1) is 9.38. The lowest BCUT2D eigenvalue weighted by Crippen LogP contribution is -2.09. The van der Waals surface area contributed by atoms with Crippen LogP contribution in [0.1, 0.15) is 6.92 Å². The molecular formula is C4H8O5S. The molecule has 5 nitrogen and oxygen atoms in total. The second-order valence-electron chi connectivity index (χ2n) is 1.58. The summed E-state index contributed by atoms with van der Waals surface area (Å²) in [5.74, 6) is -0.580. The van der Waals surface area contributed by atoms with E-state index in [-0.39, 0.29) is 0 Å². The predicted octanol–water partition coefficient (Wildman–Crippen LogP) is -0.517. The molecule has 0 radical (unpaired) electrons. The third-order valence-corrected chi connectivity index (χ3v) is 1.05. The molecule has 0 bridgehead atoms. The quantitative estimate of drug-likeness (QED) is 0.322. The van der Waals surface area contributed by atoms with E-state index in [1.165, 1.54) is 0 Å². The number of carbonyl (C=O) groups excluding carboxylic acids is 1. The molecule has 0 amide bonds. The maximum atomic E-state index is 10.2. The Morgan fingerprint density at radius 1 is 1.50 bits per heavy atom. The van der Waals surface area contributed by atoms with Crippen molar-refractivity contribution in [2.24, 2.45) is 0 Å². The second kappa shape index (κ2) is 3.52. The van der Waals surface area contributed by atoms with Gasteiger partial charge in [-0.1, -0.05) is 0 Å². The van der Waals surface area contributed by atoms with Crippen molar-refractivity contribution in [1.82, 2.24) is 0 Å². The molecule has 0 unspecified atom stereocenters. The maximum absolute atomic E-state index is 10.2. The van der Waals surface area contributed by atoms with Gasteiger partial charge in [0.1, 0.15) is 0 Å². The lowest BCUT2D eigenvalue weighted by molar-refractivity contribution is -0.147. The fourth-order valence-electron chi connectivity index (χ4n) is 0.194. The molecule has 0 N–H and O–H groups in total. The summed E-state index contributed by atoms with van der Waals surface area (Å²) in [5, 5.41) is 0. The molecule has 0 fully saturated rings. The molecule has 0 aromatic heterocycles. The molecule has 60 valence electrons. The third kappa shape index (κ3) is 7.38. The van der Waals surface area contributed by atoms with Gasteiger partial charge in [0.05, 0.1) is 6.26 Å². The molecular weight excluding hydrogens is 160 g/mol. The molecule has 6 heteroatoms. The van der Waals surface area contributed by atoms with Crippen molar-refractivity contribution in [3.8, 4) is 0 Å². The Balaban J connectivity index is 3.49. The summed E-state index contributed by atoms with van der Waals surface area (Å²) < 4.78 is 28.6. The first-order chi connectivity index (χ1) is 4.42. The zero-order chi connectivity index (χ0) is 8.20. The average molecular weight is 168 g/mol. The minimum atomic E-state index is -3.50. The molecule has 0 heterocycles. The largest absolute Gasteiger partial charge is 0.437 e. The Morgan fingerprint density at radius 3 is 2.30 bits per heavy atom. The van der Waals surface area contributed by atoms with Crippen LogP contribution >= 0.6 is 0 Å². The van der Waals surface area contributed by atoms with E-state index in [1.54, 1.807) is 0 Å². The van der Waals surface area contributed by atoms with Gasteiger partial charge in [0, 0.05) is 6.92 Å². The van der Waals surface area contributed by atoms with Gasteiger partial charge >= 0.3 is 5.97 Å². The Morgan fingerprint density at radius 2 is 2.00 bits per heavy atom. The van der Waals surface area contributed by atoms with Gasteiger partial charge in [-0.3, -0.25) is 4.79 Å². The van der Waals surface area contributed by atoms with Crippen molar-refractivity contribution >= 4 is 16.1 Å². The summed E-state index contributed by atoms with van der Waals surface area (Å²) in [5.41, 5.74) is 0. The Bertz CT molecular complexity index is 204. The van der Waals surface area contributed by atoms with Crippen molar-refractivity contribution in [2.75, 3.05) is 13.0 Å². The van der Waals surface area contributed by atoms with Crippen LogP contribution in [-0.4, -0.2) is 27.4 Å². The van der Waals surface area contributed by atoms with Gasteiger partial charge in [-0.2, -0.15) is 8.42 Å². The zero-order valence-electron chi connectivity index (χ0n) is 5.66. The molecule has 0 aliphatic heterocycles. The van der Waals surface area contributed by atoms with Gasteiger partial charge in [0.25, 0.3) is 10.1 Å². The highest BCUT2D eigenvalue weighted by Crippen LogP contribution is 1.86. The lowest BCUT2D eigenvalue weighted by atomic mass is 10.8. The highest BCUT2D eigenvalue weighted by molar-refractivity contribution is 7.85. The summed E-state index contributed by atoms with van der Waals surface area (Å²) >= 11 is 0. The number of esters is 1. The minimum absolute atomic E-state index is 0.547. The summed E-state index contributed by atoms with van der Waals surface area (Å²) in [6, 6.07) is 0. The molecule has 0 aliphatic rings. The molecule has 0 spiro atoms. The Labute approximate surface area is 59.1 Å². The molecule has 0 aliphatic carbocycles. The number of hydrogen-bond acceptors (Lipinski definition) is 5. The van der Waals surface area contributed by atoms with Crippen LogP contribution in [-0.2, 0) is 23.8 Å². The third-order valence-electron chi connectivity index (χ3n) is 0.524. The summed E-state index contributed by atoms with van der Waals surface area (Å²) in [6.07, 6.45) is 0.872. The highest BCUT2D eigenvalue weighted by Gasteiger charge is 2.01. The molecule has 0 aromatic rings. The van der Waals surface area contributed by atoms with Crippen molar-refractivity contribution in [2.45, 2.75) is 6.92 Å². The second-order valence-corrected chi connectivity index (χ2v) is 3.22. The standard InChI is InChI=1S/C4H8O5S/c1-4(5)8-3-9-10(2,6)7/h3H2,1-2H3. The Kier molecular flexibility index (Phi) is 3.31. The molecule has 0 saturated carbocycles. The van der Waals surface area contributed by atoms with Gasteiger partial charge in [-0.15, -0.1) is 0 Å². The van der Waals surface area contributed by atoms with Crippen LogP contribution in [0.4, 0.5) is 0 Å². The maximum Gasteiger partial charge on any atom is 0.304 e. The minimum Gasteiger partial charge on any atom is -0.437 e. The van der Waals surface area contributed by atoms with E-state index in [0.29, 0.717) is 0 Å². The first-order valence-electron chi connectivity index (χ1n) is 2.39. The molecule has 0 aromatic carbocycles. The first-order valence-corrected chi connectivity index (χ1v) is 4.21. The van der Waals surface area contributed by atoms with Crippen LogP contribution in [0.25, 0.3) is 0 Å². The SMILES string of the molecule is CC(=O)OCOS(C)(=O)=O. The number of hydrogen-bond donors (Lipinski definition) is 0. The van der Waals surface area contributed by atoms with Crippen LogP contribution in [0.3, 0.4) is 0 Å². The normalized spacial score (nSPS) is 11.0. The Hall–Kier alpha value is -0.620. The van der Waals surface area contributed by atoms with Gasteiger partial charge in [0.2, 0.25) is 6.79 Å². The predicted molar refractivity (Wildman–Crippen MR) is 32.6 cm³/mol. The molecule has 0 rings (SSSR count). The van der Waals surface area contributed by atoms with Crippen molar-refractivity contribution in [3.63, 3.8) is 0 Å². The summed E-state index contributed by atoms with van der Waals surface area (Å²) in [7, 11) is -3.50. The van der Waals surface area contributed by atoms with Gasteiger partial charge in [-0.05, 0) is 0 Å². The van der Waals surface area contributed by atoms with Gasteiger partial charge in [0.15, 0.2) is 0 Å². The summed E-state index contributed by atoms with van der Waals surface area (Å²) in [4.78, 5) is 10.0. The van der Waals surface area contributed by atoms with Crippen molar-refractivity contribution < 1.29 is 22.1 Å². The van der Waals surface area contributed by atoms with E-state index in [4.69, 9.17) is 0 Å². The highest BCUT2D eigenvalue weighted by atomic mass is 32.2. The van der Waals surface area contributed by atoms with Crippen LogP contribution in [0.2, 0.25) is 0 Å². The van der Waals surface area contributed by atoms with Crippen LogP contribution in [0, 0.1) is 0 Å². The number of rotatable bonds is 3. The van der Waals surface area contributed by atoms with E-state index < -0.39 is 22.9 Å². The van der Waals surface area contributed by atoms with E-state index >= 15 is 0 Å². The van der Waals surface area contributed by atoms with Gasteiger partial charge < -0.3 is 4.74 Å². The smallest absolute Gasteiger partial charge is 0.304 e. The van der Waals surface area contributed by atoms with E-state index in [1.807, 2.05) is 0 Å². The van der Waals surface area contributed by atoms with Crippen molar-refractivity contribution in [3.05, 3.63) is 0 Å². The van der Waals surface area contributed by atoms with Crippen molar-refractivity contribution in [1.29, 1.82) is 0 Å². The van der Waals surface area contributed by atoms with Gasteiger partial charge in [-0.25, -0.2) is 4.18 Å². The topological polar surface area (TPSA) is 69.7 Å². The fourth-order valence-corrected chi connectivity index (χ4v) is 0.417. The van der Waals surface area contributed by atoms with Crippen LogP contribution < -0.4 is 0 Å². The average Bonchev–Trinajstić information content (AvgIpc) is 1.59. The molecule has 10 heavy (non-hydrogen) atoms.